The van der Waals surface area contributed by atoms with Crippen molar-refractivity contribution in [3.8, 4) is 6.07 Å². The monoisotopic (exact) mass is 347 g/mol. The Morgan fingerprint density at radius 3 is 2.31 bits per heavy atom. The van der Waals surface area contributed by atoms with Gasteiger partial charge < -0.3 is 10.6 Å². The first-order chi connectivity index (χ1) is 12.3. The number of nitrogens with one attached hydrogen (secondary N) is 2. The SMILES string of the molecule is CC(=O)c1cccc(NC(=O)/C(C#N)=C\Nc2c(C)cc(C)cc2C)c1. The van der Waals surface area contributed by atoms with Crippen molar-refractivity contribution in [1.29, 1.82) is 5.26 Å². The minimum absolute atomic E-state index is 0.0578. The number of nitriles is 1. The Morgan fingerprint density at radius 2 is 1.73 bits per heavy atom. The van der Waals surface area contributed by atoms with Crippen LogP contribution in [0.3, 0.4) is 0 Å². The Kier molecular flexibility index (Phi) is 5.92. The van der Waals surface area contributed by atoms with Crippen molar-refractivity contribution in [2.24, 2.45) is 0 Å². The van der Waals surface area contributed by atoms with E-state index in [9.17, 15) is 14.9 Å². The number of carbonyl (C=O) groups is 2. The van der Waals surface area contributed by atoms with Crippen molar-refractivity contribution in [2.45, 2.75) is 27.7 Å². The third kappa shape index (κ3) is 4.58. The van der Waals surface area contributed by atoms with Gasteiger partial charge in [-0.15, -0.1) is 0 Å². The Bertz CT molecular complexity index is 914. The number of benzene rings is 2. The molecule has 132 valence electrons. The van der Waals surface area contributed by atoms with Crippen LogP contribution in [-0.2, 0) is 4.79 Å². The zero-order valence-corrected chi connectivity index (χ0v) is 15.3. The summed E-state index contributed by atoms with van der Waals surface area (Å²) in [5, 5.41) is 15.0. The first kappa shape index (κ1) is 18.9. The molecule has 2 aromatic carbocycles. The number of anilines is 2. The largest absolute Gasteiger partial charge is 0.360 e. The summed E-state index contributed by atoms with van der Waals surface area (Å²) >= 11 is 0. The lowest BCUT2D eigenvalue weighted by Crippen LogP contribution is -2.15. The number of carbonyl (C=O) groups excluding carboxylic acids is 2. The van der Waals surface area contributed by atoms with Crippen LogP contribution < -0.4 is 10.6 Å². The standard InChI is InChI=1S/C21H21N3O2/c1-13-8-14(2)20(15(3)9-13)23-12-18(11-22)21(26)24-19-7-5-6-17(10-19)16(4)25/h5-10,12,23H,1-4H3,(H,24,26)/b18-12-. The molecule has 5 heteroatoms. The van der Waals surface area contributed by atoms with Crippen molar-refractivity contribution in [3.63, 3.8) is 0 Å². The van der Waals surface area contributed by atoms with Gasteiger partial charge in [0.15, 0.2) is 5.78 Å². The molecule has 0 bridgehead atoms. The molecule has 0 heterocycles. The average molecular weight is 347 g/mol. The van der Waals surface area contributed by atoms with Gasteiger partial charge in [-0.3, -0.25) is 9.59 Å². The van der Waals surface area contributed by atoms with Crippen LogP contribution in [0.2, 0.25) is 0 Å². The van der Waals surface area contributed by atoms with E-state index in [1.54, 1.807) is 24.3 Å². The first-order valence-electron chi connectivity index (χ1n) is 8.19. The molecule has 5 nitrogen and oxygen atoms in total. The molecule has 0 fully saturated rings. The smallest absolute Gasteiger partial charge is 0.267 e. The van der Waals surface area contributed by atoms with E-state index < -0.39 is 5.91 Å². The molecule has 0 radical (unpaired) electrons. The number of hydrogen-bond donors (Lipinski definition) is 2. The van der Waals surface area contributed by atoms with Crippen LogP contribution in [-0.4, -0.2) is 11.7 Å². The zero-order chi connectivity index (χ0) is 19.3. The lowest BCUT2D eigenvalue weighted by Gasteiger charge is -2.11. The summed E-state index contributed by atoms with van der Waals surface area (Å²) in [6, 6.07) is 12.6. The van der Waals surface area contributed by atoms with Crippen molar-refractivity contribution < 1.29 is 9.59 Å². The number of nitrogens with zero attached hydrogens (tertiary/aromatic N) is 1. The molecule has 0 unspecified atom stereocenters. The van der Waals surface area contributed by atoms with Gasteiger partial charge in [0.05, 0.1) is 0 Å². The van der Waals surface area contributed by atoms with Crippen LogP contribution in [0.1, 0.15) is 34.0 Å². The molecular weight excluding hydrogens is 326 g/mol. The molecule has 26 heavy (non-hydrogen) atoms. The lowest BCUT2D eigenvalue weighted by molar-refractivity contribution is -0.112. The number of amides is 1. The van der Waals surface area contributed by atoms with E-state index in [0.717, 1.165) is 22.4 Å². The van der Waals surface area contributed by atoms with Crippen LogP contribution in [0.15, 0.2) is 48.2 Å². The fourth-order valence-corrected chi connectivity index (χ4v) is 2.71. The zero-order valence-electron chi connectivity index (χ0n) is 15.3. The highest BCUT2D eigenvalue weighted by molar-refractivity contribution is 6.07. The summed E-state index contributed by atoms with van der Waals surface area (Å²) in [6.07, 6.45) is 1.40. The number of Topliss-reactive ketones (excluding diaryl/α,β-unsaturated/α-hetero) is 1. The van der Waals surface area contributed by atoms with Gasteiger partial charge in [-0.2, -0.15) is 5.26 Å². The Morgan fingerprint density at radius 1 is 1.08 bits per heavy atom. The molecule has 0 aliphatic heterocycles. The Labute approximate surface area is 153 Å². The highest BCUT2D eigenvalue weighted by Gasteiger charge is 2.11. The van der Waals surface area contributed by atoms with Crippen molar-refractivity contribution >= 4 is 23.1 Å². The highest BCUT2D eigenvalue weighted by Crippen LogP contribution is 2.22. The molecule has 0 aliphatic rings. The number of ketones is 1. The topological polar surface area (TPSA) is 82.0 Å². The van der Waals surface area contributed by atoms with Gasteiger partial charge in [-0.1, -0.05) is 29.8 Å². The van der Waals surface area contributed by atoms with E-state index in [4.69, 9.17) is 0 Å². The molecule has 1 amide bonds. The van der Waals surface area contributed by atoms with Crippen molar-refractivity contribution in [2.75, 3.05) is 10.6 Å². The normalized spacial score (nSPS) is 10.8. The number of rotatable bonds is 5. The summed E-state index contributed by atoms with van der Waals surface area (Å²) in [5.41, 5.74) is 4.99. The number of hydrogen-bond acceptors (Lipinski definition) is 4. The molecule has 0 saturated carbocycles. The second kappa shape index (κ2) is 8.13. The predicted octanol–water partition coefficient (Wildman–Crippen LogP) is 4.27. The molecule has 0 atom stereocenters. The van der Waals surface area contributed by atoms with Crippen LogP contribution in [0, 0.1) is 32.1 Å². The van der Waals surface area contributed by atoms with Crippen molar-refractivity contribution in [3.05, 3.63) is 70.4 Å². The number of aryl methyl sites for hydroxylation is 3. The lowest BCUT2D eigenvalue weighted by atomic mass is 10.1. The van der Waals surface area contributed by atoms with Gasteiger partial charge in [0.2, 0.25) is 0 Å². The van der Waals surface area contributed by atoms with Gasteiger partial charge in [-0.05, 0) is 51.0 Å². The predicted molar refractivity (Wildman–Crippen MR) is 103 cm³/mol. The third-order valence-electron chi connectivity index (χ3n) is 3.93. The van der Waals surface area contributed by atoms with E-state index in [1.165, 1.54) is 13.1 Å². The fraction of sp³-hybridized carbons (Fsp3) is 0.190. The molecule has 2 aromatic rings. The minimum atomic E-state index is -0.539. The summed E-state index contributed by atoms with van der Waals surface area (Å²) < 4.78 is 0. The van der Waals surface area contributed by atoms with E-state index in [0.29, 0.717) is 11.3 Å². The summed E-state index contributed by atoms with van der Waals surface area (Å²) in [7, 11) is 0. The molecule has 2 N–H and O–H groups in total. The van der Waals surface area contributed by atoms with Gasteiger partial charge in [0, 0.05) is 23.1 Å². The van der Waals surface area contributed by atoms with Gasteiger partial charge in [0.25, 0.3) is 5.91 Å². The molecule has 0 aliphatic carbocycles. The second-order valence-electron chi connectivity index (χ2n) is 6.18. The first-order valence-corrected chi connectivity index (χ1v) is 8.19. The summed E-state index contributed by atoms with van der Waals surface area (Å²) in [4.78, 5) is 23.8. The molecule has 0 saturated heterocycles. The molecule has 0 spiro atoms. The van der Waals surface area contributed by atoms with Crippen LogP contribution >= 0.6 is 0 Å². The molecule has 2 rings (SSSR count). The quantitative estimate of drug-likeness (QED) is 0.481. The minimum Gasteiger partial charge on any atom is -0.360 e. The van der Waals surface area contributed by atoms with Crippen LogP contribution in [0.5, 0.6) is 0 Å². The van der Waals surface area contributed by atoms with E-state index in [-0.39, 0.29) is 11.4 Å². The summed E-state index contributed by atoms with van der Waals surface area (Å²) in [6.45, 7) is 7.41. The van der Waals surface area contributed by atoms with E-state index in [2.05, 4.69) is 10.6 Å². The molecular formula is C21H21N3O2. The van der Waals surface area contributed by atoms with Gasteiger partial charge in [0.1, 0.15) is 11.6 Å². The van der Waals surface area contributed by atoms with Crippen LogP contribution in [0.25, 0.3) is 0 Å². The maximum Gasteiger partial charge on any atom is 0.267 e. The highest BCUT2D eigenvalue weighted by atomic mass is 16.1. The van der Waals surface area contributed by atoms with E-state index >= 15 is 0 Å². The third-order valence-corrected chi connectivity index (χ3v) is 3.93. The fourth-order valence-electron chi connectivity index (χ4n) is 2.71. The van der Waals surface area contributed by atoms with Crippen LogP contribution in [0.4, 0.5) is 11.4 Å². The summed E-state index contributed by atoms with van der Waals surface area (Å²) in [5.74, 6) is -0.632. The second-order valence-corrected chi connectivity index (χ2v) is 6.18. The van der Waals surface area contributed by atoms with Gasteiger partial charge >= 0.3 is 0 Å². The Balaban J connectivity index is 2.19. The maximum atomic E-state index is 12.3. The average Bonchev–Trinajstić information content (AvgIpc) is 2.57. The van der Waals surface area contributed by atoms with Gasteiger partial charge in [-0.25, -0.2) is 0 Å². The maximum absolute atomic E-state index is 12.3. The molecule has 0 aromatic heterocycles. The Hall–Kier alpha value is -3.39. The van der Waals surface area contributed by atoms with E-state index in [1.807, 2.05) is 39.0 Å². The van der Waals surface area contributed by atoms with Crippen molar-refractivity contribution in [1.82, 2.24) is 0 Å².